The molecule has 4 heterocycles. The minimum Gasteiger partial charge on any atom is -0.391 e. The Hall–Kier alpha value is -5.53. The van der Waals surface area contributed by atoms with Crippen molar-refractivity contribution in [1.29, 1.82) is 0 Å². The zero-order valence-corrected chi connectivity index (χ0v) is 45.9. The maximum atomic E-state index is 14.0. The van der Waals surface area contributed by atoms with Crippen molar-refractivity contribution in [2.24, 2.45) is 5.41 Å². The Balaban J connectivity index is 0.746. The number of piperazine rings is 1. The van der Waals surface area contributed by atoms with Crippen LogP contribution in [0.15, 0.2) is 60.4 Å². The molecule has 2 fully saturated rings. The molecule has 2 saturated heterocycles. The summed E-state index contributed by atoms with van der Waals surface area (Å²) in [6.45, 7) is 13.7. The molecule has 75 heavy (non-hydrogen) atoms. The van der Waals surface area contributed by atoms with Gasteiger partial charge in [-0.25, -0.2) is 15.0 Å². The van der Waals surface area contributed by atoms with Gasteiger partial charge in [-0.15, -0.1) is 11.3 Å². The third-order valence-electron chi connectivity index (χ3n) is 14.7. The number of hydrogen-bond donors (Lipinski definition) is 6. The van der Waals surface area contributed by atoms with E-state index in [2.05, 4.69) is 48.0 Å². The molecule has 2 aromatic carbocycles. The Labute approximate surface area is 451 Å². The quantitative estimate of drug-likeness (QED) is 0.0411. The van der Waals surface area contributed by atoms with Gasteiger partial charge in [0.2, 0.25) is 29.5 Å². The van der Waals surface area contributed by atoms with Gasteiger partial charge in [-0.2, -0.15) is 0 Å². The summed E-state index contributed by atoms with van der Waals surface area (Å²) in [5, 5.41) is 34.0. The second kappa shape index (κ2) is 27.0. The highest BCUT2D eigenvalue weighted by Gasteiger charge is 2.44. The molecular formula is C56H77ClN10O7S. The van der Waals surface area contributed by atoms with Gasteiger partial charge in [0.25, 0.3) is 0 Å². The van der Waals surface area contributed by atoms with Crippen LogP contribution in [0.25, 0.3) is 10.4 Å². The lowest BCUT2D eigenvalue weighted by atomic mass is 9.85. The summed E-state index contributed by atoms with van der Waals surface area (Å²) < 4.78 is 0. The zero-order chi connectivity index (χ0) is 53.6. The fraction of sp³-hybridized carbons (Fsp3) is 0.571. The SMILES string of the molecule is Cc1ncsc1-c1ccc(CNC(=O)[C@@H]2C[C@@H](O)CN2C(=O)C(NC(=O)CCCCCCCCCNC(=O)CCNCC(C(=O)N2CCN(c3ncnc4c3[C@H](C)C[C@H]4O)CC2)c2ccc(Cl)cc2)C(C)(C)C)cc1. The Morgan fingerprint density at radius 1 is 0.800 bits per heavy atom. The highest BCUT2D eigenvalue weighted by Crippen LogP contribution is 2.43. The summed E-state index contributed by atoms with van der Waals surface area (Å²) in [6.07, 6.45) is 7.82. The molecule has 2 aromatic heterocycles. The van der Waals surface area contributed by atoms with E-state index >= 15 is 0 Å². The van der Waals surface area contributed by atoms with Gasteiger partial charge in [0.1, 0.15) is 24.2 Å². The summed E-state index contributed by atoms with van der Waals surface area (Å²) in [6, 6.07) is 13.6. The summed E-state index contributed by atoms with van der Waals surface area (Å²) in [5.74, 6) is -0.396. The topological polar surface area (TPSA) is 222 Å². The van der Waals surface area contributed by atoms with Crippen LogP contribution in [0.1, 0.15) is 144 Å². The monoisotopic (exact) mass is 1070 g/mol. The van der Waals surface area contributed by atoms with Gasteiger partial charge >= 0.3 is 0 Å². The van der Waals surface area contributed by atoms with Crippen molar-refractivity contribution < 1.29 is 34.2 Å². The zero-order valence-electron chi connectivity index (χ0n) is 44.3. The lowest BCUT2D eigenvalue weighted by Gasteiger charge is -2.38. The van der Waals surface area contributed by atoms with Crippen LogP contribution >= 0.6 is 22.9 Å². The first kappa shape index (κ1) is 57.2. The number of thiazole rings is 1. The van der Waals surface area contributed by atoms with Crippen LogP contribution in [-0.4, -0.2) is 135 Å². The Kier molecular flexibility index (Phi) is 20.6. The average molecular weight is 1070 g/mol. The molecule has 3 aliphatic rings. The number of aliphatic hydroxyl groups is 2. The number of rotatable bonds is 24. The van der Waals surface area contributed by atoms with Crippen molar-refractivity contribution in [2.45, 2.75) is 148 Å². The number of aliphatic hydroxyl groups excluding tert-OH is 2. The first-order valence-corrected chi connectivity index (χ1v) is 28.1. The molecule has 0 radical (unpaired) electrons. The van der Waals surface area contributed by atoms with Crippen LogP contribution in [0.4, 0.5) is 5.82 Å². The number of aromatic nitrogens is 3. The number of anilines is 1. The predicted octanol–water partition coefficient (Wildman–Crippen LogP) is 6.56. The van der Waals surface area contributed by atoms with Crippen molar-refractivity contribution >= 4 is 58.3 Å². The number of halogens is 1. The number of unbranched alkanes of at least 4 members (excludes halogenated alkanes) is 6. The number of amides is 5. The van der Waals surface area contributed by atoms with Gasteiger partial charge < -0.3 is 46.2 Å². The molecule has 0 bridgehead atoms. The van der Waals surface area contributed by atoms with Crippen LogP contribution in [0, 0.1) is 12.3 Å². The van der Waals surface area contributed by atoms with E-state index in [0.717, 1.165) is 77.2 Å². The second-order valence-electron chi connectivity index (χ2n) is 21.5. The standard InChI is InChI=1S/C56H77ClN10O7S/c1-36-29-45(69)49-48(36)52(62-34-61-49)65-25-27-66(28-26-65)54(73)43(39-18-20-41(57)21-19-39)32-58-24-22-46(70)59-23-12-10-8-6-7-9-11-13-47(71)64-51(56(3,4)5)55(74)67-33-42(68)30-44(67)53(72)60-31-38-14-16-40(17-15-38)50-37(2)63-35-75-50/h14-21,34-36,42-45,51,58,68-69H,6-13,22-33H2,1-5H3,(H,59,70)(H,60,72)(H,64,71)/t36-,42-,43?,44+,45-,51?/m1/s1. The van der Waals surface area contributed by atoms with E-state index in [4.69, 9.17) is 11.6 Å². The van der Waals surface area contributed by atoms with Crippen LogP contribution in [0.2, 0.25) is 5.02 Å². The van der Waals surface area contributed by atoms with Gasteiger partial charge in [0.15, 0.2) is 0 Å². The molecule has 2 aliphatic heterocycles. The minimum absolute atomic E-state index is 0.0187. The number of carbonyl (C=O) groups is 5. The van der Waals surface area contributed by atoms with E-state index in [9.17, 15) is 34.2 Å². The number of hydrogen-bond acceptors (Lipinski definition) is 13. The fourth-order valence-electron chi connectivity index (χ4n) is 10.4. The van der Waals surface area contributed by atoms with Crippen LogP contribution < -0.4 is 26.2 Å². The number of fused-ring (bicyclic) bond motifs is 1. The number of likely N-dealkylation sites (tertiary alicyclic amines) is 1. The minimum atomic E-state index is -0.869. The molecule has 7 rings (SSSR count). The maximum Gasteiger partial charge on any atom is 0.246 e. The maximum absolute atomic E-state index is 14.0. The molecule has 5 amide bonds. The van der Waals surface area contributed by atoms with E-state index in [1.165, 1.54) is 11.2 Å². The Morgan fingerprint density at radius 3 is 2.17 bits per heavy atom. The van der Waals surface area contributed by atoms with Crippen molar-refractivity contribution in [3.8, 4) is 10.4 Å². The van der Waals surface area contributed by atoms with Crippen LogP contribution in [0.3, 0.4) is 0 Å². The number of carbonyl (C=O) groups excluding carboxylic acids is 5. The highest BCUT2D eigenvalue weighted by molar-refractivity contribution is 7.13. The molecule has 17 nitrogen and oxygen atoms in total. The van der Waals surface area contributed by atoms with Gasteiger partial charge in [-0.05, 0) is 66.3 Å². The van der Waals surface area contributed by atoms with Gasteiger partial charge in [-0.1, -0.05) is 108 Å². The fourth-order valence-corrected chi connectivity index (χ4v) is 11.4. The molecule has 1 aliphatic carbocycles. The molecule has 6 N–H and O–H groups in total. The molecule has 19 heteroatoms. The molecule has 4 aromatic rings. The van der Waals surface area contributed by atoms with Crippen molar-refractivity contribution in [3.63, 3.8) is 0 Å². The van der Waals surface area contributed by atoms with Crippen LogP contribution in [-0.2, 0) is 30.5 Å². The van der Waals surface area contributed by atoms with Gasteiger partial charge in [0, 0.05) is 88.8 Å². The Bertz CT molecular complexity index is 2550. The van der Waals surface area contributed by atoms with E-state index in [1.807, 2.05) is 74.5 Å². The number of nitrogens with one attached hydrogen (secondary N) is 4. The number of aryl methyl sites for hydroxylation is 1. The second-order valence-corrected chi connectivity index (χ2v) is 22.8. The molecule has 0 spiro atoms. The van der Waals surface area contributed by atoms with E-state index in [0.29, 0.717) is 75.8 Å². The normalized spacial score (nSPS) is 19.4. The first-order chi connectivity index (χ1) is 36.0. The summed E-state index contributed by atoms with van der Waals surface area (Å²) in [4.78, 5) is 87.4. The predicted molar refractivity (Wildman–Crippen MR) is 292 cm³/mol. The van der Waals surface area contributed by atoms with E-state index < -0.39 is 35.6 Å². The Morgan fingerprint density at radius 2 is 1.49 bits per heavy atom. The molecular weight excluding hydrogens is 992 g/mol. The number of nitrogens with zero attached hydrogens (tertiary/aromatic N) is 6. The van der Waals surface area contributed by atoms with Gasteiger partial charge in [0.05, 0.1) is 39.9 Å². The van der Waals surface area contributed by atoms with Gasteiger partial charge in [-0.3, -0.25) is 24.0 Å². The smallest absolute Gasteiger partial charge is 0.246 e. The number of β-amino-alcohol motifs (C(OH)–C–C–N with tert-alkyl or cyclic N) is 1. The number of benzene rings is 2. The first-order valence-electron chi connectivity index (χ1n) is 26.8. The summed E-state index contributed by atoms with van der Waals surface area (Å²) in [5.41, 5.74) is 6.69. The molecule has 406 valence electrons. The summed E-state index contributed by atoms with van der Waals surface area (Å²) >= 11 is 7.79. The van der Waals surface area contributed by atoms with Crippen molar-refractivity contribution in [2.75, 3.05) is 57.3 Å². The van der Waals surface area contributed by atoms with Crippen LogP contribution in [0.5, 0.6) is 0 Å². The van der Waals surface area contributed by atoms with Crippen molar-refractivity contribution in [1.82, 2.24) is 46.0 Å². The molecule has 6 atom stereocenters. The lowest BCUT2D eigenvalue weighted by molar-refractivity contribution is -0.144. The largest absolute Gasteiger partial charge is 0.391 e. The summed E-state index contributed by atoms with van der Waals surface area (Å²) in [7, 11) is 0. The molecule has 0 saturated carbocycles. The lowest BCUT2D eigenvalue weighted by Crippen LogP contribution is -2.57. The molecule has 2 unspecified atom stereocenters. The van der Waals surface area contributed by atoms with E-state index in [-0.39, 0.29) is 61.4 Å². The third kappa shape index (κ3) is 15.6. The average Bonchev–Trinajstić information content (AvgIpc) is 4.10. The van der Waals surface area contributed by atoms with E-state index in [1.54, 1.807) is 23.5 Å². The third-order valence-corrected chi connectivity index (χ3v) is 16.0. The highest BCUT2D eigenvalue weighted by atomic mass is 35.5. The van der Waals surface area contributed by atoms with Crippen molar-refractivity contribution in [3.05, 3.63) is 93.5 Å².